The van der Waals surface area contributed by atoms with Crippen LogP contribution in [0.15, 0.2) is 53.1 Å². The largest absolute Gasteiger partial charge is 0.455 e. The van der Waals surface area contributed by atoms with Crippen LogP contribution in [-0.2, 0) is 15.9 Å². The minimum atomic E-state index is -0.361. The third-order valence-corrected chi connectivity index (χ3v) is 6.29. The van der Waals surface area contributed by atoms with Crippen molar-refractivity contribution in [1.29, 1.82) is 0 Å². The van der Waals surface area contributed by atoms with Gasteiger partial charge in [0, 0.05) is 36.1 Å². The van der Waals surface area contributed by atoms with Crippen molar-refractivity contribution in [2.45, 2.75) is 72.2 Å². The molecule has 4 nitrogen and oxygen atoms in total. The van der Waals surface area contributed by atoms with Crippen LogP contribution in [0, 0.1) is 13.8 Å². The lowest BCUT2D eigenvalue weighted by Crippen LogP contribution is -2.33. The molecule has 2 heterocycles. The van der Waals surface area contributed by atoms with Crippen LogP contribution in [-0.4, -0.2) is 29.9 Å². The molecule has 2 aromatic heterocycles. The molecule has 2 aromatic carbocycles. The van der Waals surface area contributed by atoms with Gasteiger partial charge in [0.05, 0.1) is 23.5 Å². The highest BCUT2D eigenvalue weighted by Gasteiger charge is 2.27. The smallest absolute Gasteiger partial charge is 0.145 e. The number of nitrogens with zero attached hydrogens (tertiary/aromatic N) is 1. The highest BCUT2D eigenvalue weighted by Crippen LogP contribution is 2.40. The van der Waals surface area contributed by atoms with Crippen LogP contribution in [0.25, 0.3) is 33.2 Å². The quantitative estimate of drug-likeness (QED) is 0.283. The van der Waals surface area contributed by atoms with Gasteiger partial charge in [0.25, 0.3) is 0 Å². The predicted molar refractivity (Wildman–Crippen MR) is 136 cm³/mol. The maximum absolute atomic E-state index is 6.49. The van der Waals surface area contributed by atoms with E-state index in [1.807, 2.05) is 18.3 Å². The first-order valence-electron chi connectivity index (χ1n) is 11.8. The summed E-state index contributed by atoms with van der Waals surface area (Å²) in [6.07, 6.45) is 3.79. The number of aromatic nitrogens is 1. The molecule has 0 saturated carbocycles. The molecule has 0 aliphatic rings. The van der Waals surface area contributed by atoms with Crippen molar-refractivity contribution >= 4 is 21.9 Å². The number of hydrogen-bond acceptors (Lipinski definition) is 4. The normalized spacial score (nSPS) is 14.2. The summed E-state index contributed by atoms with van der Waals surface area (Å²) in [6, 6.07) is 14.8. The molecule has 0 aliphatic heterocycles. The van der Waals surface area contributed by atoms with Crippen molar-refractivity contribution in [3.05, 3.63) is 65.4 Å². The van der Waals surface area contributed by atoms with E-state index in [1.54, 1.807) is 7.11 Å². The maximum atomic E-state index is 6.49. The Morgan fingerprint density at radius 3 is 2.48 bits per heavy atom. The van der Waals surface area contributed by atoms with E-state index >= 15 is 0 Å². The monoisotopic (exact) mass is 445 g/mol. The first-order valence-corrected chi connectivity index (χ1v) is 11.8. The summed E-state index contributed by atoms with van der Waals surface area (Å²) in [5.41, 5.74) is 6.94. The molecule has 0 N–H and O–H groups in total. The minimum Gasteiger partial charge on any atom is -0.455 e. The lowest BCUT2D eigenvalue weighted by Gasteiger charge is -2.31. The number of benzene rings is 2. The van der Waals surface area contributed by atoms with E-state index < -0.39 is 0 Å². The number of fused-ring (bicyclic) bond motifs is 3. The van der Waals surface area contributed by atoms with E-state index in [1.165, 1.54) is 5.56 Å². The topological polar surface area (TPSA) is 44.5 Å². The Bertz CT molecular complexity index is 1270. The zero-order valence-electron chi connectivity index (χ0n) is 20.9. The van der Waals surface area contributed by atoms with E-state index in [2.05, 4.69) is 71.9 Å². The molecule has 0 saturated heterocycles. The molecule has 0 bridgehead atoms. The molecule has 0 fully saturated rings. The fourth-order valence-corrected chi connectivity index (χ4v) is 4.87. The molecule has 4 heteroatoms. The Balaban J connectivity index is 1.81. The zero-order valence-corrected chi connectivity index (χ0v) is 20.9. The Morgan fingerprint density at radius 1 is 1.00 bits per heavy atom. The molecule has 0 radical (unpaired) electrons. The standard InChI is InChI=1S/C29H35NO3/c1-18-14-19(2)27(30-17-18)26-22(16-29(5,6)33-21(4)15-20(3)31-7)12-13-24-23-10-8-9-11-25(23)32-28(24)26/h8-14,17,20-21H,15-16H2,1-7H3. The van der Waals surface area contributed by atoms with Gasteiger partial charge in [-0.25, -0.2) is 0 Å². The average molecular weight is 446 g/mol. The Kier molecular flexibility index (Phi) is 6.60. The molecule has 0 aliphatic carbocycles. The van der Waals surface area contributed by atoms with Crippen LogP contribution in [0.2, 0.25) is 0 Å². The second-order valence-electron chi connectivity index (χ2n) is 9.90. The van der Waals surface area contributed by atoms with Gasteiger partial charge in [-0.2, -0.15) is 0 Å². The fraction of sp³-hybridized carbons (Fsp3) is 0.414. The minimum absolute atomic E-state index is 0.0903. The first kappa shape index (κ1) is 23.5. The molecule has 0 amide bonds. The molecule has 2 atom stereocenters. The van der Waals surface area contributed by atoms with Gasteiger partial charge in [-0.1, -0.05) is 36.4 Å². The van der Waals surface area contributed by atoms with Gasteiger partial charge >= 0.3 is 0 Å². The summed E-state index contributed by atoms with van der Waals surface area (Å²) >= 11 is 0. The number of para-hydroxylation sites is 1. The first-order chi connectivity index (χ1) is 15.7. The van der Waals surface area contributed by atoms with Crippen molar-refractivity contribution in [3.63, 3.8) is 0 Å². The summed E-state index contributed by atoms with van der Waals surface area (Å²) in [6.45, 7) is 12.7. The highest BCUT2D eigenvalue weighted by atomic mass is 16.5. The lowest BCUT2D eigenvalue weighted by atomic mass is 9.90. The number of methoxy groups -OCH3 is 1. The molecule has 33 heavy (non-hydrogen) atoms. The SMILES string of the molecule is COC(C)CC(C)OC(C)(C)Cc1ccc2c(oc3ccccc32)c1-c1ncc(C)cc1C. The van der Waals surface area contributed by atoms with Crippen molar-refractivity contribution in [3.8, 4) is 11.3 Å². The van der Waals surface area contributed by atoms with Crippen LogP contribution in [0.5, 0.6) is 0 Å². The van der Waals surface area contributed by atoms with Crippen LogP contribution >= 0.6 is 0 Å². The number of aryl methyl sites for hydroxylation is 2. The summed E-state index contributed by atoms with van der Waals surface area (Å²) in [4.78, 5) is 4.85. The van der Waals surface area contributed by atoms with Crippen molar-refractivity contribution in [2.24, 2.45) is 0 Å². The van der Waals surface area contributed by atoms with Gasteiger partial charge in [-0.05, 0) is 70.7 Å². The number of rotatable bonds is 8. The summed E-state index contributed by atoms with van der Waals surface area (Å²) in [5, 5.41) is 2.25. The number of ether oxygens (including phenoxy) is 2. The van der Waals surface area contributed by atoms with Crippen LogP contribution in [0.3, 0.4) is 0 Å². The summed E-state index contributed by atoms with van der Waals surface area (Å²) in [7, 11) is 1.74. The highest BCUT2D eigenvalue weighted by molar-refractivity contribution is 6.10. The predicted octanol–water partition coefficient (Wildman–Crippen LogP) is 7.42. The van der Waals surface area contributed by atoms with E-state index in [0.717, 1.165) is 57.2 Å². The van der Waals surface area contributed by atoms with Crippen LogP contribution < -0.4 is 0 Å². The van der Waals surface area contributed by atoms with Gasteiger partial charge in [0.1, 0.15) is 11.2 Å². The molecule has 0 spiro atoms. The molecular formula is C29H35NO3. The average Bonchev–Trinajstić information content (AvgIpc) is 3.12. The molecule has 4 rings (SSSR count). The maximum Gasteiger partial charge on any atom is 0.145 e. The summed E-state index contributed by atoms with van der Waals surface area (Å²) < 4.78 is 18.4. The van der Waals surface area contributed by atoms with Crippen molar-refractivity contribution in [1.82, 2.24) is 4.98 Å². The molecule has 4 aromatic rings. The van der Waals surface area contributed by atoms with Crippen LogP contribution in [0.1, 0.15) is 50.8 Å². The third-order valence-electron chi connectivity index (χ3n) is 6.29. The van der Waals surface area contributed by atoms with E-state index in [0.29, 0.717) is 0 Å². The van der Waals surface area contributed by atoms with E-state index in [9.17, 15) is 0 Å². The summed E-state index contributed by atoms with van der Waals surface area (Å²) in [5.74, 6) is 0. The van der Waals surface area contributed by atoms with E-state index in [-0.39, 0.29) is 17.8 Å². The Morgan fingerprint density at radius 2 is 1.76 bits per heavy atom. The van der Waals surface area contributed by atoms with Crippen molar-refractivity contribution < 1.29 is 13.9 Å². The number of furan rings is 1. The Labute approximate surface area is 196 Å². The molecular weight excluding hydrogens is 410 g/mol. The lowest BCUT2D eigenvalue weighted by molar-refractivity contribution is -0.0799. The van der Waals surface area contributed by atoms with Crippen LogP contribution in [0.4, 0.5) is 0 Å². The van der Waals surface area contributed by atoms with Gasteiger partial charge in [-0.3, -0.25) is 4.98 Å². The number of pyridine rings is 1. The Hall–Kier alpha value is -2.69. The third kappa shape index (κ3) is 4.97. The van der Waals surface area contributed by atoms with E-state index in [4.69, 9.17) is 18.9 Å². The van der Waals surface area contributed by atoms with Gasteiger partial charge in [-0.15, -0.1) is 0 Å². The van der Waals surface area contributed by atoms with Gasteiger partial charge in [0.2, 0.25) is 0 Å². The fourth-order valence-electron chi connectivity index (χ4n) is 4.87. The van der Waals surface area contributed by atoms with Gasteiger partial charge < -0.3 is 13.9 Å². The van der Waals surface area contributed by atoms with Crippen molar-refractivity contribution in [2.75, 3.05) is 7.11 Å². The van der Waals surface area contributed by atoms with Gasteiger partial charge in [0.15, 0.2) is 0 Å². The second-order valence-corrected chi connectivity index (χ2v) is 9.90. The second kappa shape index (κ2) is 9.28. The zero-order chi connectivity index (χ0) is 23.8. The molecule has 2 unspecified atom stereocenters. The molecule has 174 valence electrons. The number of hydrogen-bond donors (Lipinski definition) is 0.